The highest BCUT2D eigenvalue weighted by Gasteiger charge is 2.22. The Morgan fingerprint density at radius 1 is 0.885 bits per heavy atom. The summed E-state index contributed by atoms with van der Waals surface area (Å²) in [6, 6.07) is 17.8. The Balaban J connectivity index is 1.89. The summed E-state index contributed by atoms with van der Waals surface area (Å²) < 4.78 is 2.70. The molecular formula is C23H25NSSi. The van der Waals surface area contributed by atoms with Gasteiger partial charge in [0.2, 0.25) is 0 Å². The molecular weight excluding hydrogens is 350 g/mol. The summed E-state index contributed by atoms with van der Waals surface area (Å²) in [5.74, 6) is 0.518. The SMILES string of the molecule is CC(C)c1cc(-c2ccc3sc4ccccc4c3c2)ncc1[Si](C)(C)C. The number of rotatable bonds is 3. The van der Waals surface area contributed by atoms with Gasteiger partial charge in [-0.1, -0.05) is 57.8 Å². The minimum absolute atomic E-state index is 0.518. The summed E-state index contributed by atoms with van der Waals surface area (Å²) in [5.41, 5.74) is 3.77. The number of aromatic nitrogens is 1. The second kappa shape index (κ2) is 6.33. The van der Waals surface area contributed by atoms with Crippen LogP contribution in [0.1, 0.15) is 25.3 Å². The zero-order valence-electron chi connectivity index (χ0n) is 16.1. The van der Waals surface area contributed by atoms with Gasteiger partial charge in [0.1, 0.15) is 0 Å². The number of nitrogens with zero attached hydrogens (tertiary/aromatic N) is 1. The Morgan fingerprint density at radius 3 is 2.35 bits per heavy atom. The van der Waals surface area contributed by atoms with Crippen LogP contribution < -0.4 is 5.19 Å². The highest BCUT2D eigenvalue weighted by atomic mass is 32.1. The molecule has 2 heterocycles. The van der Waals surface area contributed by atoms with E-state index < -0.39 is 8.07 Å². The third-order valence-electron chi connectivity index (χ3n) is 5.04. The number of benzene rings is 2. The maximum atomic E-state index is 4.87. The third kappa shape index (κ3) is 2.99. The van der Waals surface area contributed by atoms with Gasteiger partial charge in [0.05, 0.1) is 13.8 Å². The molecule has 3 heteroatoms. The molecule has 0 aliphatic carbocycles. The van der Waals surface area contributed by atoms with Crippen LogP contribution in [-0.2, 0) is 0 Å². The van der Waals surface area contributed by atoms with Crippen LogP contribution in [-0.4, -0.2) is 13.1 Å². The molecule has 132 valence electrons. The lowest BCUT2D eigenvalue weighted by Crippen LogP contribution is -2.40. The minimum Gasteiger partial charge on any atom is -0.256 e. The maximum Gasteiger partial charge on any atom is 0.0799 e. The van der Waals surface area contributed by atoms with Crippen LogP contribution in [0.2, 0.25) is 19.6 Å². The molecule has 0 atom stereocenters. The van der Waals surface area contributed by atoms with Gasteiger partial charge in [0.15, 0.2) is 0 Å². The fraction of sp³-hybridized carbons (Fsp3) is 0.261. The van der Waals surface area contributed by atoms with Crippen LogP contribution in [0.4, 0.5) is 0 Å². The molecule has 0 aliphatic rings. The third-order valence-corrected chi connectivity index (χ3v) is 8.22. The molecule has 2 aromatic carbocycles. The van der Waals surface area contributed by atoms with Gasteiger partial charge in [0, 0.05) is 31.9 Å². The summed E-state index contributed by atoms with van der Waals surface area (Å²) in [6.07, 6.45) is 2.15. The van der Waals surface area contributed by atoms with Crippen molar-refractivity contribution in [1.29, 1.82) is 0 Å². The maximum absolute atomic E-state index is 4.87. The quantitative estimate of drug-likeness (QED) is 0.359. The number of pyridine rings is 1. The summed E-state index contributed by atoms with van der Waals surface area (Å²) in [4.78, 5) is 4.87. The molecule has 0 unspecified atom stereocenters. The highest BCUT2D eigenvalue weighted by Crippen LogP contribution is 2.36. The van der Waals surface area contributed by atoms with Gasteiger partial charge in [-0.3, -0.25) is 4.98 Å². The molecule has 0 N–H and O–H groups in total. The van der Waals surface area contributed by atoms with E-state index in [4.69, 9.17) is 4.98 Å². The first-order valence-corrected chi connectivity index (χ1v) is 13.6. The van der Waals surface area contributed by atoms with E-state index in [0.717, 1.165) is 5.69 Å². The van der Waals surface area contributed by atoms with Crippen LogP contribution in [0.15, 0.2) is 54.7 Å². The van der Waals surface area contributed by atoms with Gasteiger partial charge in [-0.2, -0.15) is 0 Å². The molecule has 0 radical (unpaired) electrons. The van der Waals surface area contributed by atoms with Crippen LogP contribution in [0.5, 0.6) is 0 Å². The second-order valence-corrected chi connectivity index (χ2v) is 14.5. The first-order chi connectivity index (χ1) is 12.3. The first-order valence-electron chi connectivity index (χ1n) is 9.26. The lowest BCUT2D eigenvalue weighted by Gasteiger charge is -2.23. The monoisotopic (exact) mass is 375 g/mol. The highest BCUT2D eigenvalue weighted by molar-refractivity contribution is 7.25. The van der Waals surface area contributed by atoms with Crippen LogP contribution >= 0.6 is 11.3 Å². The van der Waals surface area contributed by atoms with Gasteiger partial charge < -0.3 is 0 Å². The number of hydrogen-bond donors (Lipinski definition) is 0. The van der Waals surface area contributed by atoms with E-state index in [2.05, 4.69) is 88.2 Å². The van der Waals surface area contributed by atoms with Crippen LogP contribution in [0, 0.1) is 0 Å². The zero-order chi connectivity index (χ0) is 18.5. The molecule has 0 saturated heterocycles. The fourth-order valence-corrected chi connectivity index (χ4v) is 6.38. The summed E-state index contributed by atoms with van der Waals surface area (Å²) >= 11 is 1.86. The minimum atomic E-state index is -1.39. The van der Waals surface area contributed by atoms with E-state index in [9.17, 15) is 0 Å². The Labute approximate surface area is 160 Å². The van der Waals surface area contributed by atoms with Gasteiger partial charge >= 0.3 is 0 Å². The van der Waals surface area contributed by atoms with Crippen LogP contribution in [0.3, 0.4) is 0 Å². The Kier molecular flexibility index (Phi) is 4.24. The molecule has 0 aliphatic heterocycles. The van der Waals surface area contributed by atoms with E-state index in [1.807, 2.05) is 11.3 Å². The Morgan fingerprint density at radius 2 is 1.62 bits per heavy atom. The molecule has 0 amide bonds. The number of fused-ring (bicyclic) bond motifs is 3. The largest absolute Gasteiger partial charge is 0.256 e. The summed E-state index contributed by atoms with van der Waals surface area (Å²) in [7, 11) is -1.39. The zero-order valence-corrected chi connectivity index (χ0v) is 17.9. The van der Waals surface area contributed by atoms with Crippen molar-refractivity contribution in [3.63, 3.8) is 0 Å². The average molecular weight is 376 g/mol. The predicted octanol–water partition coefficient (Wildman–Crippen LogP) is 6.79. The van der Waals surface area contributed by atoms with E-state index in [1.165, 1.54) is 36.5 Å². The predicted molar refractivity (Wildman–Crippen MR) is 120 cm³/mol. The lowest BCUT2D eigenvalue weighted by molar-refractivity contribution is 0.870. The molecule has 0 spiro atoms. The van der Waals surface area contributed by atoms with Crippen molar-refractivity contribution in [2.45, 2.75) is 39.4 Å². The van der Waals surface area contributed by atoms with Gasteiger partial charge in [0.25, 0.3) is 0 Å². The molecule has 0 bridgehead atoms. The van der Waals surface area contributed by atoms with Gasteiger partial charge in [-0.15, -0.1) is 11.3 Å². The summed E-state index contributed by atoms with van der Waals surface area (Å²) in [6.45, 7) is 11.8. The van der Waals surface area contributed by atoms with Crippen molar-refractivity contribution >= 4 is 44.8 Å². The molecule has 26 heavy (non-hydrogen) atoms. The lowest BCUT2D eigenvalue weighted by atomic mass is 10.0. The van der Waals surface area contributed by atoms with E-state index >= 15 is 0 Å². The summed E-state index contributed by atoms with van der Waals surface area (Å²) in [5, 5.41) is 4.17. The van der Waals surface area contributed by atoms with Crippen molar-refractivity contribution in [3.05, 3.63) is 60.3 Å². The van der Waals surface area contributed by atoms with E-state index in [-0.39, 0.29) is 0 Å². The van der Waals surface area contributed by atoms with Crippen molar-refractivity contribution < 1.29 is 0 Å². The normalized spacial score (nSPS) is 12.4. The second-order valence-electron chi connectivity index (χ2n) is 8.37. The smallest absolute Gasteiger partial charge is 0.0799 e. The fourth-order valence-electron chi connectivity index (χ4n) is 3.62. The van der Waals surface area contributed by atoms with Crippen molar-refractivity contribution in [1.82, 2.24) is 4.98 Å². The number of thiophene rings is 1. The standard InChI is InChI=1S/C23H25NSSi/c1-15(2)18-13-20(24-14-23(18)26(3,4)5)16-10-11-22-19(12-16)17-8-6-7-9-21(17)25-22/h6-15H,1-5H3. The van der Waals surface area contributed by atoms with Crippen molar-refractivity contribution in [3.8, 4) is 11.3 Å². The van der Waals surface area contributed by atoms with Crippen molar-refractivity contribution in [2.75, 3.05) is 0 Å². The topological polar surface area (TPSA) is 12.9 Å². The molecule has 0 saturated carbocycles. The molecule has 4 aromatic rings. The first kappa shape index (κ1) is 17.4. The molecule has 2 aromatic heterocycles. The molecule has 1 nitrogen and oxygen atoms in total. The average Bonchev–Trinajstić information content (AvgIpc) is 2.98. The van der Waals surface area contributed by atoms with Crippen LogP contribution in [0.25, 0.3) is 31.4 Å². The van der Waals surface area contributed by atoms with Gasteiger partial charge in [-0.05, 0) is 40.9 Å². The van der Waals surface area contributed by atoms with E-state index in [0.29, 0.717) is 5.92 Å². The Bertz CT molecular complexity index is 1100. The molecule has 4 rings (SSSR count). The van der Waals surface area contributed by atoms with E-state index in [1.54, 1.807) is 0 Å². The van der Waals surface area contributed by atoms with Crippen molar-refractivity contribution in [2.24, 2.45) is 0 Å². The van der Waals surface area contributed by atoms with Gasteiger partial charge in [-0.25, -0.2) is 0 Å². The number of hydrogen-bond acceptors (Lipinski definition) is 2. The molecule has 0 fully saturated rings. The Hall–Kier alpha value is -1.97.